The number of aromatic nitrogens is 3. The maximum absolute atomic E-state index is 6.11. The number of ether oxygens (including phenoxy) is 1. The van der Waals surface area contributed by atoms with Crippen LogP contribution in [-0.4, -0.2) is 45.7 Å². The molecule has 1 unspecified atom stereocenters. The Bertz CT molecular complexity index is 648. The van der Waals surface area contributed by atoms with Crippen LogP contribution in [0.5, 0.6) is 5.88 Å². The van der Waals surface area contributed by atoms with Gasteiger partial charge in [-0.15, -0.1) is 0 Å². The summed E-state index contributed by atoms with van der Waals surface area (Å²) < 4.78 is 7.30. The summed E-state index contributed by atoms with van der Waals surface area (Å²) in [5.41, 5.74) is 7.79. The molecule has 1 atom stereocenters. The molecule has 6 heteroatoms. The first-order valence-electron chi connectivity index (χ1n) is 7.19. The summed E-state index contributed by atoms with van der Waals surface area (Å²) in [4.78, 5) is 11.5. The number of nitrogens with zero attached hydrogens (tertiary/aromatic N) is 4. The highest BCUT2D eigenvalue weighted by Crippen LogP contribution is 2.35. The fraction of sp³-hybridized carbons (Fsp3) is 0.571. The maximum atomic E-state index is 6.11. The fourth-order valence-electron chi connectivity index (χ4n) is 3.20. The van der Waals surface area contributed by atoms with Crippen LogP contribution in [0.2, 0.25) is 0 Å². The Morgan fingerprint density at radius 2 is 2.05 bits per heavy atom. The second-order valence-corrected chi connectivity index (χ2v) is 5.70. The van der Waals surface area contributed by atoms with Crippen LogP contribution in [0.15, 0.2) is 12.1 Å². The lowest BCUT2D eigenvalue weighted by atomic mass is 10.2. The molecule has 0 radical (unpaired) electrons. The van der Waals surface area contributed by atoms with Crippen LogP contribution in [0.25, 0.3) is 11.2 Å². The molecular formula is C14H19N5O. The van der Waals surface area contributed by atoms with Crippen LogP contribution < -0.4 is 10.5 Å². The quantitative estimate of drug-likeness (QED) is 0.916. The van der Waals surface area contributed by atoms with E-state index in [-0.39, 0.29) is 0 Å². The van der Waals surface area contributed by atoms with Crippen LogP contribution in [0, 0.1) is 0 Å². The van der Waals surface area contributed by atoms with Crippen molar-refractivity contribution < 1.29 is 4.74 Å². The van der Waals surface area contributed by atoms with Gasteiger partial charge in [0.05, 0.1) is 13.2 Å². The van der Waals surface area contributed by atoms with Crippen molar-refractivity contribution in [3.05, 3.63) is 12.1 Å². The SMILES string of the molecule is COc1ccc2nc(N)n(C3CCN(C4CC4)C3)c2n1. The van der Waals surface area contributed by atoms with E-state index in [0.717, 1.165) is 36.7 Å². The Kier molecular flexibility index (Phi) is 2.60. The van der Waals surface area contributed by atoms with Crippen molar-refractivity contribution in [1.82, 2.24) is 19.4 Å². The predicted octanol–water partition coefficient (Wildman–Crippen LogP) is 1.43. The number of imidazole rings is 1. The van der Waals surface area contributed by atoms with Crippen molar-refractivity contribution >= 4 is 17.1 Å². The van der Waals surface area contributed by atoms with Gasteiger partial charge < -0.3 is 10.5 Å². The monoisotopic (exact) mass is 273 g/mol. The van der Waals surface area contributed by atoms with E-state index in [9.17, 15) is 0 Å². The molecule has 6 nitrogen and oxygen atoms in total. The normalized spacial score (nSPS) is 23.6. The predicted molar refractivity (Wildman–Crippen MR) is 76.7 cm³/mol. The molecule has 2 aromatic heterocycles. The van der Waals surface area contributed by atoms with Crippen LogP contribution in [-0.2, 0) is 0 Å². The average molecular weight is 273 g/mol. The van der Waals surface area contributed by atoms with E-state index in [1.54, 1.807) is 7.11 Å². The maximum Gasteiger partial charge on any atom is 0.215 e. The number of hydrogen-bond donors (Lipinski definition) is 1. The molecule has 4 rings (SSSR count). The Labute approximate surface area is 117 Å². The lowest BCUT2D eigenvalue weighted by Gasteiger charge is -2.16. The average Bonchev–Trinajstić information content (AvgIpc) is 3.10. The van der Waals surface area contributed by atoms with Crippen molar-refractivity contribution in [3.63, 3.8) is 0 Å². The third kappa shape index (κ3) is 1.83. The summed E-state index contributed by atoms with van der Waals surface area (Å²) in [7, 11) is 1.63. The summed E-state index contributed by atoms with van der Waals surface area (Å²) in [5.74, 6) is 1.17. The summed E-state index contributed by atoms with van der Waals surface area (Å²) in [6.07, 6.45) is 3.81. The molecule has 0 spiro atoms. The van der Waals surface area contributed by atoms with Gasteiger partial charge in [-0.25, -0.2) is 4.98 Å². The molecule has 1 saturated heterocycles. The zero-order valence-corrected chi connectivity index (χ0v) is 11.6. The molecule has 3 heterocycles. The number of rotatable bonds is 3. The van der Waals surface area contributed by atoms with Crippen LogP contribution in [0.1, 0.15) is 25.3 Å². The van der Waals surface area contributed by atoms with E-state index in [1.165, 1.54) is 12.8 Å². The molecule has 2 aliphatic rings. The summed E-state index contributed by atoms with van der Waals surface area (Å²) >= 11 is 0. The summed E-state index contributed by atoms with van der Waals surface area (Å²) in [6, 6.07) is 4.92. The minimum absolute atomic E-state index is 0.375. The second kappa shape index (κ2) is 4.34. The molecule has 20 heavy (non-hydrogen) atoms. The molecule has 1 aliphatic heterocycles. The Morgan fingerprint density at radius 1 is 1.20 bits per heavy atom. The van der Waals surface area contributed by atoms with Crippen molar-refractivity contribution in [1.29, 1.82) is 0 Å². The molecule has 0 bridgehead atoms. The first kappa shape index (κ1) is 12.0. The van der Waals surface area contributed by atoms with Crippen LogP contribution in [0.3, 0.4) is 0 Å². The number of anilines is 1. The van der Waals surface area contributed by atoms with Crippen molar-refractivity contribution in [2.45, 2.75) is 31.3 Å². The molecular weight excluding hydrogens is 254 g/mol. The molecule has 0 amide bonds. The van der Waals surface area contributed by atoms with E-state index >= 15 is 0 Å². The van der Waals surface area contributed by atoms with Gasteiger partial charge in [0.15, 0.2) is 5.65 Å². The van der Waals surface area contributed by atoms with Gasteiger partial charge in [0.25, 0.3) is 0 Å². The first-order chi connectivity index (χ1) is 9.76. The third-order valence-corrected chi connectivity index (χ3v) is 4.37. The zero-order valence-electron chi connectivity index (χ0n) is 11.6. The number of pyridine rings is 1. The molecule has 2 fully saturated rings. The molecule has 1 aliphatic carbocycles. The third-order valence-electron chi connectivity index (χ3n) is 4.37. The van der Waals surface area contributed by atoms with E-state index in [2.05, 4.69) is 19.4 Å². The van der Waals surface area contributed by atoms with Crippen LogP contribution in [0.4, 0.5) is 5.95 Å². The topological polar surface area (TPSA) is 69.2 Å². The highest BCUT2D eigenvalue weighted by Gasteiger charge is 2.36. The Balaban J connectivity index is 1.72. The van der Waals surface area contributed by atoms with Gasteiger partial charge in [-0.05, 0) is 25.3 Å². The molecule has 0 aromatic carbocycles. The van der Waals surface area contributed by atoms with Crippen LogP contribution >= 0.6 is 0 Å². The number of fused-ring (bicyclic) bond motifs is 1. The minimum atomic E-state index is 0.375. The van der Waals surface area contributed by atoms with E-state index in [0.29, 0.717) is 17.9 Å². The largest absolute Gasteiger partial charge is 0.481 e. The zero-order chi connectivity index (χ0) is 13.7. The number of methoxy groups -OCH3 is 1. The number of nitrogen functional groups attached to an aromatic ring is 1. The first-order valence-corrected chi connectivity index (χ1v) is 7.19. The lowest BCUT2D eigenvalue weighted by molar-refractivity contribution is 0.315. The number of likely N-dealkylation sites (tertiary alicyclic amines) is 1. The number of nitrogens with two attached hydrogens (primary N) is 1. The molecule has 106 valence electrons. The van der Waals surface area contributed by atoms with E-state index in [4.69, 9.17) is 10.5 Å². The smallest absolute Gasteiger partial charge is 0.215 e. The van der Waals surface area contributed by atoms with Crippen molar-refractivity contribution in [3.8, 4) is 5.88 Å². The molecule has 1 saturated carbocycles. The second-order valence-electron chi connectivity index (χ2n) is 5.70. The summed E-state index contributed by atoms with van der Waals surface area (Å²) in [5, 5.41) is 0. The minimum Gasteiger partial charge on any atom is -0.481 e. The van der Waals surface area contributed by atoms with Crippen molar-refractivity contribution in [2.75, 3.05) is 25.9 Å². The van der Waals surface area contributed by atoms with Gasteiger partial charge in [-0.3, -0.25) is 9.47 Å². The van der Waals surface area contributed by atoms with Gasteiger partial charge in [0.2, 0.25) is 11.8 Å². The van der Waals surface area contributed by atoms with Gasteiger partial charge in [-0.2, -0.15) is 4.98 Å². The van der Waals surface area contributed by atoms with Gasteiger partial charge >= 0.3 is 0 Å². The lowest BCUT2D eigenvalue weighted by Crippen LogP contribution is -2.24. The highest BCUT2D eigenvalue weighted by molar-refractivity contribution is 5.75. The summed E-state index contributed by atoms with van der Waals surface area (Å²) in [6.45, 7) is 2.21. The van der Waals surface area contributed by atoms with E-state index in [1.807, 2.05) is 12.1 Å². The fourth-order valence-corrected chi connectivity index (χ4v) is 3.20. The standard InChI is InChI=1S/C14H19N5O/c1-20-12-5-4-11-13(17-12)19(14(15)16-11)10-6-7-18(8-10)9-2-3-9/h4-5,9-10H,2-3,6-8H2,1H3,(H2,15,16). The molecule has 2 N–H and O–H groups in total. The van der Waals surface area contributed by atoms with Gasteiger partial charge in [0.1, 0.15) is 5.52 Å². The van der Waals surface area contributed by atoms with Crippen molar-refractivity contribution in [2.24, 2.45) is 0 Å². The highest BCUT2D eigenvalue weighted by atomic mass is 16.5. The molecule has 2 aromatic rings. The Hall–Kier alpha value is -1.82. The van der Waals surface area contributed by atoms with Gasteiger partial charge in [0, 0.05) is 25.2 Å². The van der Waals surface area contributed by atoms with Gasteiger partial charge in [-0.1, -0.05) is 0 Å². The van der Waals surface area contributed by atoms with E-state index < -0.39 is 0 Å². The Morgan fingerprint density at radius 3 is 2.80 bits per heavy atom. The number of hydrogen-bond acceptors (Lipinski definition) is 5.